The molecule has 14 heavy (non-hydrogen) atoms. The van der Waals surface area contributed by atoms with Gasteiger partial charge in [0.1, 0.15) is 0 Å². The monoisotopic (exact) mass is 252 g/mol. The molecule has 0 aliphatic carbocycles. The minimum Gasteiger partial charge on any atom is -0.207 e. The maximum absolute atomic E-state index is 10.8. The Morgan fingerprint density at radius 1 is 1.14 bits per heavy atom. The van der Waals surface area contributed by atoms with Crippen molar-refractivity contribution in [2.24, 2.45) is 0 Å². The van der Waals surface area contributed by atoms with E-state index in [0.29, 0.717) is 5.56 Å². The summed E-state index contributed by atoms with van der Waals surface area (Å²) in [5.41, 5.74) is 0.391. The maximum Gasteiger partial charge on any atom is 0.261 e. The summed E-state index contributed by atoms with van der Waals surface area (Å²) in [5.74, 6) is 0. The zero-order valence-electron chi connectivity index (χ0n) is 6.71. The third-order valence-corrected chi connectivity index (χ3v) is 3.23. The fourth-order valence-electron chi connectivity index (χ4n) is 0.820. The topological polar surface area (TPSA) is 68.3 Å². The quantitative estimate of drug-likeness (QED) is 0.572. The van der Waals surface area contributed by atoms with Gasteiger partial charge >= 0.3 is 0 Å². The second-order valence-corrected chi connectivity index (χ2v) is 5.71. The molecule has 1 aromatic rings. The summed E-state index contributed by atoms with van der Waals surface area (Å²) < 4.78 is 42.1. The van der Waals surface area contributed by atoms with Crippen LogP contribution in [0.5, 0.6) is 0 Å². The van der Waals surface area contributed by atoms with Crippen LogP contribution in [0.1, 0.15) is 5.56 Å². The van der Waals surface area contributed by atoms with Crippen LogP contribution >= 0.6 is 10.7 Å². The van der Waals surface area contributed by atoms with E-state index in [0.717, 1.165) is 5.37 Å². The molecule has 0 heterocycles. The molecular formula is C7H5ClO4S2. The molecular weight excluding hydrogens is 248 g/mol. The van der Waals surface area contributed by atoms with Gasteiger partial charge < -0.3 is 0 Å². The Hall–Kier alpha value is -0.850. The molecule has 0 radical (unpaired) electrons. The van der Waals surface area contributed by atoms with Crippen molar-refractivity contribution in [3.63, 3.8) is 0 Å². The highest BCUT2D eigenvalue weighted by atomic mass is 35.7. The Morgan fingerprint density at radius 2 is 1.64 bits per heavy atom. The second-order valence-electron chi connectivity index (χ2n) is 2.39. The Morgan fingerprint density at radius 3 is 2.00 bits per heavy atom. The van der Waals surface area contributed by atoms with E-state index in [4.69, 9.17) is 10.7 Å². The van der Waals surface area contributed by atoms with Crippen LogP contribution in [0, 0.1) is 0 Å². The molecule has 0 spiro atoms. The molecule has 0 saturated heterocycles. The van der Waals surface area contributed by atoms with Gasteiger partial charge in [-0.1, -0.05) is 12.1 Å². The molecule has 0 amide bonds. The highest BCUT2D eigenvalue weighted by Crippen LogP contribution is 2.14. The lowest BCUT2D eigenvalue weighted by Gasteiger charge is -1.95. The molecule has 0 bridgehead atoms. The molecule has 4 nitrogen and oxygen atoms in total. The number of halogens is 1. The molecule has 0 aliphatic heterocycles. The van der Waals surface area contributed by atoms with E-state index in [9.17, 15) is 16.8 Å². The van der Waals surface area contributed by atoms with Gasteiger partial charge in [-0.2, -0.15) is 8.42 Å². The van der Waals surface area contributed by atoms with Crippen molar-refractivity contribution in [2.75, 3.05) is 0 Å². The third-order valence-electron chi connectivity index (χ3n) is 1.39. The van der Waals surface area contributed by atoms with Crippen LogP contribution < -0.4 is 0 Å². The van der Waals surface area contributed by atoms with Crippen LogP contribution in [-0.2, 0) is 19.3 Å². The number of benzene rings is 1. The predicted molar refractivity (Wildman–Crippen MR) is 53.6 cm³/mol. The molecule has 0 atom stereocenters. The van der Waals surface area contributed by atoms with Crippen LogP contribution in [0.3, 0.4) is 0 Å². The van der Waals surface area contributed by atoms with E-state index in [2.05, 4.69) is 0 Å². The van der Waals surface area contributed by atoms with Gasteiger partial charge in [-0.25, -0.2) is 8.42 Å². The Bertz CT molecular complexity index is 546. The van der Waals surface area contributed by atoms with Crippen LogP contribution in [0.4, 0.5) is 0 Å². The number of rotatable bonds is 2. The highest BCUT2D eigenvalue weighted by Gasteiger charge is 2.08. The highest BCUT2D eigenvalue weighted by molar-refractivity contribution is 8.13. The first kappa shape index (κ1) is 11.2. The minimum absolute atomic E-state index is 0.0620. The van der Waals surface area contributed by atoms with E-state index < -0.39 is 19.3 Å². The van der Waals surface area contributed by atoms with Crippen LogP contribution in [0.25, 0.3) is 0 Å². The Labute approximate surface area is 87.1 Å². The lowest BCUT2D eigenvalue weighted by Crippen LogP contribution is -1.90. The van der Waals surface area contributed by atoms with E-state index >= 15 is 0 Å². The van der Waals surface area contributed by atoms with E-state index in [1.165, 1.54) is 24.3 Å². The fourth-order valence-corrected chi connectivity index (χ4v) is 1.97. The summed E-state index contributed by atoms with van der Waals surface area (Å²) in [5, 5.41) is 0.963. The van der Waals surface area contributed by atoms with E-state index in [-0.39, 0.29) is 4.90 Å². The SMILES string of the molecule is O=S(=O)=Cc1ccc(S(=O)(=O)Cl)cc1. The standard InChI is InChI=1S/C7H5ClO4S2/c8-14(11,12)7-3-1-6(2-4-7)5-13(9)10/h1-5H. The minimum atomic E-state index is -3.74. The average molecular weight is 253 g/mol. The van der Waals surface area contributed by atoms with Crippen molar-refractivity contribution < 1.29 is 16.8 Å². The van der Waals surface area contributed by atoms with Crippen molar-refractivity contribution in [1.29, 1.82) is 0 Å². The predicted octanol–water partition coefficient (Wildman–Crippen LogP) is 0.644. The molecule has 0 unspecified atom stereocenters. The normalized spacial score (nSPS) is 10.9. The summed E-state index contributed by atoms with van der Waals surface area (Å²) in [6.45, 7) is 0. The number of hydrogen-bond donors (Lipinski definition) is 0. The smallest absolute Gasteiger partial charge is 0.207 e. The Kier molecular flexibility index (Phi) is 3.30. The largest absolute Gasteiger partial charge is 0.261 e. The van der Waals surface area contributed by atoms with E-state index in [1.807, 2.05) is 0 Å². The molecule has 0 aromatic heterocycles. The van der Waals surface area contributed by atoms with E-state index in [1.54, 1.807) is 0 Å². The van der Waals surface area contributed by atoms with Crippen molar-refractivity contribution >= 4 is 35.4 Å². The van der Waals surface area contributed by atoms with Crippen LogP contribution in [0.15, 0.2) is 29.2 Å². The molecule has 7 heteroatoms. The summed E-state index contributed by atoms with van der Waals surface area (Å²) in [7, 11) is -0.989. The molecule has 0 aliphatic rings. The fraction of sp³-hybridized carbons (Fsp3) is 0. The summed E-state index contributed by atoms with van der Waals surface area (Å²) >= 11 is 0. The molecule has 1 aromatic carbocycles. The van der Waals surface area contributed by atoms with Crippen molar-refractivity contribution in [1.82, 2.24) is 0 Å². The van der Waals surface area contributed by atoms with Gasteiger partial charge in [-0.3, -0.25) is 0 Å². The van der Waals surface area contributed by atoms with Crippen LogP contribution in [0.2, 0.25) is 0 Å². The summed E-state index contributed by atoms with van der Waals surface area (Å²) in [6, 6.07) is 5.18. The van der Waals surface area contributed by atoms with Gasteiger partial charge in [0.25, 0.3) is 9.05 Å². The lowest BCUT2D eigenvalue weighted by atomic mass is 10.2. The third kappa shape index (κ3) is 3.13. The molecule has 0 fully saturated rings. The van der Waals surface area contributed by atoms with Gasteiger partial charge in [-0.15, -0.1) is 0 Å². The number of hydrogen-bond acceptors (Lipinski definition) is 4. The van der Waals surface area contributed by atoms with Crippen LogP contribution in [-0.4, -0.2) is 22.2 Å². The second kappa shape index (κ2) is 4.12. The average Bonchev–Trinajstić information content (AvgIpc) is 2.02. The summed E-state index contributed by atoms with van der Waals surface area (Å²) in [6.07, 6.45) is 0. The van der Waals surface area contributed by atoms with Crippen molar-refractivity contribution in [3.8, 4) is 0 Å². The maximum atomic E-state index is 10.8. The molecule has 76 valence electrons. The molecule has 1 rings (SSSR count). The Balaban J connectivity index is 3.20. The molecule has 0 N–H and O–H groups in total. The van der Waals surface area contributed by atoms with Gasteiger partial charge in [0.2, 0.25) is 10.3 Å². The lowest BCUT2D eigenvalue weighted by molar-refractivity contribution is 0.609. The van der Waals surface area contributed by atoms with Gasteiger partial charge in [0, 0.05) is 10.7 Å². The van der Waals surface area contributed by atoms with Gasteiger partial charge in [0.05, 0.1) is 10.3 Å². The zero-order valence-corrected chi connectivity index (χ0v) is 9.10. The first-order chi connectivity index (χ1) is 6.39. The first-order valence-electron chi connectivity index (χ1n) is 3.37. The van der Waals surface area contributed by atoms with Crippen molar-refractivity contribution in [3.05, 3.63) is 29.8 Å². The van der Waals surface area contributed by atoms with Gasteiger partial charge in [-0.05, 0) is 17.7 Å². The first-order valence-corrected chi connectivity index (χ1v) is 6.82. The molecule has 0 saturated carbocycles. The van der Waals surface area contributed by atoms with Gasteiger partial charge in [0.15, 0.2) is 0 Å². The zero-order chi connectivity index (χ0) is 10.8. The summed E-state index contributed by atoms with van der Waals surface area (Å²) in [4.78, 5) is -0.0620. The van der Waals surface area contributed by atoms with Crippen molar-refractivity contribution in [2.45, 2.75) is 4.90 Å².